The van der Waals surface area contributed by atoms with Gasteiger partial charge in [0.05, 0.1) is 13.2 Å². The van der Waals surface area contributed by atoms with Crippen LogP contribution in [0, 0.1) is 5.92 Å². The van der Waals surface area contributed by atoms with Gasteiger partial charge in [-0.15, -0.1) is 0 Å². The molecule has 1 aliphatic carbocycles. The van der Waals surface area contributed by atoms with Gasteiger partial charge in [0.2, 0.25) is 0 Å². The molecule has 0 bridgehead atoms. The first-order chi connectivity index (χ1) is 12.1. The molecule has 1 N–H and O–H groups in total. The van der Waals surface area contributed by atoms with Crippen molar-refractivity contribution in [2.45, 2.75) is 70.8 Å². The fourth-order valence-corrected chi connectivity index (χ4v) is 2.88. The average molecular weight is 348 g/mol. The van der Waals surface area contributed by atoms with Crippen LogP contribution < -0.4 is 0 Å². The number of carbonyl (C=O) groups is 2. The third kappa shape index (κ3) is 8.82. The number of aliphatic hydroxyl groups excluding tert-OH is 1. The summed E-state index contributed by atoms with van der Waals surface area (Å²) in [5.41, 5.74) is 0.800. The van der Waals surface area contributed by atoms with Crippen molar-refractivity contribution in [2.75, 3.05) is 7.11 Å². The molecule has 140 valence electrons. The van der Waals surface area contributed by atoms with E-state index in [0.29, 0.717) is 12.8 Å². The summed E-state index contributed by atoms with van der Waals surface area (Å²) in [7, 11) is 1.40. The van der Waals surface area contributed by atoms with Crippen LogP contribution in [0.3, 0.4) is 0 Å². The minimum absolute atomic E-state index is 0.0600. The molecule has 0 spiro atoms. The van der Waals surface area contributed by atoms with Gasteiger partial charge in [-0.1, -0.05) is 50.5 Å². The number of methoxy groups -OCH3 is 1. The van der Waals surface area contributed by atoms with Crippen molar-refractivity contribution < 1.29 is 19.4 Å². The van der Waals surface area contributed by atoms with Gasteiger partial charge in [-0.3, -0.25) is 9.59 Å². The zero-order valence-electron chi connectivity index (χ0n) is 15.6. The summed E-state index contributed by atoms with van der Waals surface area (Å²) in [5, 5.41) is 10.0. The molecule has 0 heterocycles. The molecule has 25 heavy (non-hydrogen) atoms. The Bertz CT molecular complexity index is 502. The maximum Gasteiger partial charge on any atom is 0.305 e. The smallest absolute Gasteiger partial charge is 0.305 e. The summed E-state index contributed by atoms with van der Waals surface area (Å²) in [6, 6.07) is 0. The molecule has 2 atom stereocenters. The number of ketones is 1. The molecular formula is C21H32O4. The molecule has 0 radical (unpaired) electrons. The predicted molar refractivity (Wildman–Crippen MR) is 100 cm³/mol. The fraction of sp³-hybridized carbons (Fsp3) is 0.619. The van der Waals surface area contributed by atoms with Crippen molar-refractivity contribution in [3.63, 3.8) is 0 Å². The maximum atomic E-state index is 12.0. The number of hydrogen-bond acceptors (Lipinski definition) is 4. The molecule has 1 rings (SSSR count). The first-order valence-corrected chi connectivity index (χ1v) is 9.40. The quantitative estimate of drug-likeness (QED) is 0.247. The third-order valence-electron chi connectivity index (χ3n) is 4.45. The Balaban J connectivity index is 2.37. The van der Waals surface area contributed by atoms with Crippen LogP contribution in [0.4, 0.5) is 0 Å². The van der Waals surface area contributed by atoms with Gasteiger partial charge in [-0.2, -0.15) is 0 Å². The lowest BCUT2D eigenvalue weighted by Crippen LogP contribution is -2.08. The number of carbonyl (C=O) groups excluding carboxylic acids is 2. The van der Waals surface area contributed by atoms with E-state index in [1.54, 1.807) is 6.08 Å². The van der Waals surface area contributed by atoms with Crippen LogP contribution in [0.1, 0.15) is 64.7 Å². The highest BCUT2D eigenvalue weighted by Gasteiger charge is 2.21. The van der Waals surface area contributed by atoms with Crippen molar-refractivity contribution in [2.24, 2.45) is 5.92 Å². The first kappa shape index (κ1) is 21.4. The molecule has 1 aliphatic rings. The molecule has 0 unspecified atom stereocenters. The Labute approximate surface area is 151 Å². The van der Waals surface area contributed by atoms with E-state index in [1.807, 2.05) is 12.2 Å². The molecule has 0 aliphatic heterocycles. The Kier molecular flexibility index (Phi) is 10.8. The summed E-state index contributed by atoms with van der Waals surface area (Å²) in [6.07, 6.45) is 16.7. The molecule has 0 aromatic carbocycles. The average Bonchev–Trinajstić information content (AvgIpc) is 2.96. The van der Waals surface area contributed by atoms with Crippen LogP contribution in [-0.4, -0.2) is 30.1 Å². The van der Waals surface area contributed by atoms with Crippen molar-refractivity contribution in [3.8, 4) is 0 Å². The van der Waals surface area contributed by atoms with Gasteiger partial charge in [0.15, 0.2) is 5.78 Å². The molecular weight excluding hydrogens is 316 g/mol. The van der Waals surface area contributed by atoms with Gasteiger partial charge in [-0.05, 0) is 38.2 Å². The number of rotatable bonds is 12. The van der Waals surface area contributed by atoms with E-state index in [-0.39, 0.29) is 23.8 Å². The van der Waals surface area contributed by atoms with Gasteiger partial charge < -0.3 is 9.84 Å². The Hall–Kier alpha value is -1.68. The standard InChI is InChI=1S/C21H32O4/c1-3-4-7-11-18(22)14-15-19-17(13-16-20(19)23)10-8-5-6-9-12-21(24)25-2/h5,8,13,15-18,22H,3-4,6-7,9-12,14H2,1-2H3/b8-5-,19-15+/t17-,18-/m0/s1. The number of hydrogen-bond donors (Lipinski definition) is 1. The predicted octanol–water partition coefficient (Wildman–Crippen LogP) is 4.29. The third-order valence-corrected chi connectivity index (χ3v) is 4.45. The van der Waals surface area contributed by atoms with E-state index >= 15 is 0 Å². The second-order valence-corrected chi connectivity index (χ2v) is 6.55. The summed E-state index contributed by atoms with van der Waals surface area (Å²) >= 11 is 0. The number of esters is 1. The van der Waals surface area contributed by atoms with Gasteiger partial charge in [0, 0.05) is 17.9 Å². The van der Waals surface area contributed by atoms with E-state index < -0.39 is 0 Å². The zero-order chi connectivity index (χ0) is 18.5. The Morgan fingerprint density at radius 1 is 1.32 bits per heavy atom. The summed E-state index contributed by atoms with van der Waals surface area (Å²) < 4.78 is 4.60. The van der Waals surface area contributed by atoms with Crippen molar-refractivity contribution >= 4 is 11.8 Å². The lowest BCUT2D eigenvalue weighted by Gasteiger charge is -2.11. The fourth-order valence-electron chi connectivity index (χ4n) is 2.88. The Morgan fingerprint density at radius 2 is 2.12 bits per heavy atom. The molecule has 4 nitrogen and oxygen atoms in total. The highest BCUT2D eigenvalue weighted by Crippen LogP contribution is 2.26. The minimum atomic E-state index is -0.359. The van der Waals surface area contributed by atoms with Crippen LogP contribution >= 0.6 is 0 Å². The monoisotopic (exact) mass is 348 g/mol. The van der Waals surface area contributed by atoms with Gasteiger partial charge in [0.1, 0.15) is 0 Å². The second-order valence-electron chi connectivity index (χ2n) is 6.55. The Morgan fingerprint density at radius 3 is 2.84 bits per heavy atom. The molecule has 0 aromatic rings. The lowest BCUT2D eigenvalue weighted by atomic mass is 9.95. The first-order valence-electron chi connectivity index (χ1n) is 9.40. The highest BCUT2D eigenvalue weighted by atomic mass is 16.5. The van der Waals surface area contributed by atoms with E-state index in [0.717, 1.165) is 50.5 Å². The van der Waals surface area contributed by atoms with Crippen LogP contribution in [0.2, 0.25) is 0 Å². The van der Waals surface area contributed by atoms with Crippen LogP contribution in [0.25, 0.3) is 0 Å². The topological polar surface area (TPSA) is 63.6 Å². The molecule has 0 saturated heterocycles. The normalized spacial score (nSPS) is 19.9. The van der Waals surface area contributed by atoms with Gasteiger partial charge in [-0.25, -0.2) is 0 Å². The number of allylic oxidation sites excluding steroid dienone is 5. The van der Waals surface area contributed by atoms with E-state index in [1.165, 1.54) is 7.11 Å². The number of aliphatic hydroxyl groups is 1. The minimum Gasteiger partial charge on any atom is -0.469 e. The zero-order valence-corrected chi connectivity index (χ0v) is 15.6. The summed E-state index contributed by atoms with van der Waals surface area (Å²) in [6.45, 7) is 2.14. The molecule has 4 heteroatoms. The van der Waals surface area contributed by atoms with E-state index in [9.17, 15) is 14.7 Å². The van der Waals surface area contributed by atoms with Crippen molar-refractivity contribution in [1.29, 1.82) is 0 Å². The van der Waals surface area contributed by atoms with Crippen molar-refractivity contribution in [1.82, 2.24) is 0 Å². The summed E-state index contributed by atoms with van der Waals surface area (Å²) in [5.74, 6) is -0.0162. The highest BCUT2D eigenvalue weighted by molar-refractivity contribution is 6.07. The molecule has 0 amide bonds. The number of ether oxygens (including phenoxy) is 1. The van der Waals surface area contributed by atoms with E-state index in [4.69, 9.17) is 0 Å². The van der Waals surface area contributed by atoms with Crippen LogP contribution in [0.15, 0.2) is 36.0 Å². The molecule has 0 saturated carbocycles. The second kappa shape index (κ2) is 12.6. The molecule has 0 aromatic heterocycles. The largest absolute Gasteiger partial charge is 0.469 e. The lowest BCUT2D eigenvalue weighted by molar-refractivity contribution is -0.140. The van der Waals surface area contributed by atoms with Crippen LogP contribution in [0.5, 0.6) is 0 Å². The number of unbranched alkanes of at least 4 members (excludes halogenated alkanes) is 3. The molecule has 0 fully saturated rings. The maximum absolute atomic E-state index is 12.0. The SMILES string of the molecule is CCCCC[C@H](O)C/C=C1/C(=O)C=C[C@@H]1C/C=C\CCCC(=O)OC. The van der Waals surface area contributed by atoms with E-state index in [2.05, 4.69) is 23.8 Å². The van der Waals surface area contributed by atoms with Crippen molar-refractivity contribution in [3.05, 3.63) is 36.0 Å². The van der Waals surface area contributed by atoms with Gasteiger partial charge in [0.25, 0.3) is 0 Å². The van der Waals surface area contributed by atoms with Crippen LogP contribution in [-0.2, 0) is 14.3 Å². The summed E-state index contributed by atoms with van der Waals surface area (Å²) in [4.78, 5) is 23.0. The van der Waals surface area contributed by atoms with Gasteiger partial charge >= 0.3 is 5.97 Å².